The van der Waals surface area contributed by atoms with Crippen LogP contribution in [0.15, 0.2) is 36.4 Å². The minimum atomic E-state index is -1.25. The number of likely N-dealkylation sites (tertiary alicyclic amines) is 1. The minimum absolute atomic E-state index is 0.0385. The number of carbonyl (C=O) groups excluding carboxylic acids is 2. The summed E-state index contributed by atoms with van der Waals surface area (Å²) in [5, 5.41) is 14.7. The molecule has 0 spiro atoms. The van der Waals surface area contributed by atoms with Gasteiger partial charge in [0.15, 0.2) is 0 Å². The van der Waals surface area contributed by atoms with Crippen LogP contribution in [0.4, 0.5) is 19.3 Å². The zero-order valence-electron chi connectivity index (χ0n) is 16.9. The van der Waals surface area contributed by atoms with Crippen LogP contribution in [0.2, 0.25) is 5.02 Å². The van der Waals surface area contributed by atoms with E-state index in [1.54, 1.807) is 24.3 Å². The van der Waals surface area contributed by atoms with E-state index in [1.807, 2.05) is 0 Å². The zero-order chi connectivity index (χ0) is 23.4. The van der Waals surface area contributed by atoms with Crippen LogP contribution in [0, 0.1) is 11.6 Å². The van der Waals surface area contributed by atoms with Crippen molar-refractivity contribution in [3.05, 3.63) is 58.6 Å². The third kappa shape index (κ3) is 5.44. The number of benzene rings is 2. The Bertz CT molecular complexity index is 1010. The highest BCUT2D eigenvalue weighted by molar-refractivity contribution is 6.30. The second kappa shape index (κ2) is 9.82. The van der Waals surface area contributed by atoms with Crippen LogP contribution in [-0.4, -0.2) is 54.2 Å². The normalized spacial score (nSPS) is 18.2. The number of urea groups is 1. The Morgan fingerprint density at radius 2 is 1.84 bits per heavy atom. The van der Waals surface area contributed by atoms with Crippen molar-refractivity contribution in [2.24, 2.45) is 0 Å². The third-order valence-corrected chi connectivity index (χ3v) is 5.31. The fourth-order valence-corrected chi connectivity index (χ4v) is 3.72. The van der Waals surface area contributed by atoms with Crippen molar-refractivity contribution in [3.8, 4) is 5.75 Å². The Hall–Kier alpha value is -3.40. The largest absolute Gasteiger partial charge is 0.497 e. The number of nitrogens with one attached hydrogen (secondary N) is 2. The van der Waals surface area contributed by atoms with Gasteiger partial charge in [-0.1, -0.05) is 11.6 Å². The number of anilines is 1. The van der Waals surface area contributed by atoms with Crippen molar-refractivity contribution in [1.29, 1.82) is 0 Å². The number of carboxylic acids is 1. The van der Waals surface area contributed by atoms with E-state index in [0.29, 0.717) is 10.7 Å². The van der Waals surface area contributed by atoms with Gasteiger partial charge in [-0.15, -0.1) is 0 Å². The lowest BCUT2D eigenvalue weighted by molar-refractivity contribution is -0.146. The summed E-state index contributed by atoms with van der Waals surface area (Å²) < 4.78 is 34.3. The first-order chi connectivity index (χ1) is 15.2. The molecule has 3 rings (SSSR count). The molecule has 8 nitrogen and oxygen atoms in total. The lowest BCUT2D eigenvalue weighted by atomic mass is 9.84. The minimum Gasteiger partial charge on any atom is -0.497 e. The predicted molar refractivity (Wildman–Crippen MR) is 112 cm³/mol. The Morgan fingerprint density at radius 1 is 1.22 bits per heavy atom. The standard InChI is InChI=1S/C21H20ClF2N3O5/c1-32-13-6-15(23)20(16(24)7-13)14-8-18(28)27(10-19(29)30)9-17(14)26-21(31)25-12-4-2-11(22)3-5-12/h2-7,14,17H,8-10H2,1H3,(H,29,30)(H2,25,26,31). The van der Waals surface area contributed by atoms with E-state index in [4.69, 9.17) is 21.4 Å². The average Bonchev–Trinajstić information content (AvgIpc) is 2.71. The molecule has 3 amide bonds. The summed E-state index contributed by atoms with van der Waals surface area (Å²) in [5.74, 6) is -4.81. The molecule has 2 unspecified atom stereocenters. The van der Waals surface area contributed by atoms with E-state index >= 15 is 0 Å². The molecule has 1 saturated heterocycles. The van der Waals surface area contributed by atoms with Crippen molar-refractivity contribution in [3.63, 3.8) is 0 Å². The number of amides is 3. The van der Waals surface area contributed by atoms with E-state index in [0.717, 1.165) is 17.0 Å². The summed E-state index contributed by atoms with van der Waals surface area (Å²) >= 11 is 5.82. The summed E-state index contributed by atoms with van der Waals surface area (Å²) in [5.41, 5.74) is 0.0328. The smallest absolute Gasteiger partial charge is 0.323 e. The molecule has 0 saturated carbocycles. The molecular weight excluding hydrogens is 448 g/mol. The lowest BCUT2D eigenvalue weighted by Gasteiger charge is -2.38. The van der Waals surface area contributed by atoms with E-state index in [9.17, 15) is 23.2 Å². The molecule has 2 aromatic rings. The highest BCUT2D eigenvalue weighted by Gasteiger charge is 2.39. The van der Waals surface area contributed by atoms with Crippen LogP contribution < -0.4 is 15.4 Å². The average molecular weight is 468 g/mol. The fraction of sp³-hybridized carbons (Fsp3) is 0.286. The van der Waals surface area contributed by atoms with Crippen LogP contribution in [-0.2, 0) is 9.59 Å². The van der Waals surface area contributed by atoms with Crippen molar-refractivity contribution in [2.75, 3.05) is 25.5 Å². The maximum absolute atomic E-state index is 14.7. The quantitative estimate of drug-likeness (QED) is 0.604. The van der Waals surface area contributed by atoms with E-state index in [-0.39, 0.29) is 24.3 Å². The second-order valence-corrected chi connectivity index (χ2v) is 7.63. The highest BCUT2D eigenvalue weighted by Crippen LogP contribution is 2.34. The van der Waals surface area contributed by atoms with Crippen LogP contribution in [0.5, 0.6) is 5.75 Å². The first kappa shape index (κ1) is 23.3. The molecule has 1 aliphatic rings. The van der Waals surface area contributed by atoms with Gasteiger partial charge >= 0.3 is 12.0 Å². The van der Waals surface area contributed by atoms with Gasteiger partial charge in [0, 0.05) is 47.3 Å². The molecule has 0 aromatic heterocycles. The summed E-state index contributed by atoms with van der Waals surface area (Å²) in [6.07, 6.45) is -0.390. The summed E-state index contributed by atoms with van der Waals surface area (Å²) in [6, 6.07) is 6.56. The molecule has 1 fully saturated rings. The van der Waals surface area contributed by atoms with Crippen LogP contribution in [0.25, 0.3) is 0 Å². The summed E-state index contributed by atoms with van der Waals surface area (Å²) in [4.78, 5) is 37.1. The molecule has 1 aliphatic heterocycles. The Balaban J connectivity index is 1.88. The van der Waals surface area contributed by atoms with E-state index in [1.165, 1.54) is 7.11 Å². The van der Waals surface area contributed by atoms with Crippen LogP contribution >= 0.6 is 11.6 Å². The molecule has 11 heteroatoms. The Labute approximate surface area is 187 Å². The van der Waals surface area contributed by atoms with E-state index in [2.05, 4.69) is 10.6 Å². The van der Waals surface area contributed by atoms with Crippen LogP contribution in [0.1, 0.15) is 17.9 Å². The number of ether oxygens (including phenoxy) is 1. The number of piperidine rings is 1. The SMILES string of the molecule is COc1cc(F)c(C2CC(=O)N(CC(=O)O)CC2NC(=O)Nc2ccc(Cl)cc2)c(F)c1. The molecule has 2 aromatic carbocycles. The molecule has 32 heavy (non-hydrogen) atoms. The molecule has 0 radical (unpaired) electrons. The number of hydrogen-bond acceptors (Lipinski definition) is 4. The Kier molecular flexibility index (Phi) is 7.14. The topological polar surface area (TPSA) is 108 Å². The van der Waals surface area contributed by atoms with Gasteiger partial charge in [-0.3, -0.25) is 9.59 Å². The summed E-state index contributed by atoms with van der Waals surface area (Å²) in [7, 11) is 1.26. The van der Waals surface area contributed by atoms with Crippen LogP contribution in [0.3, 0.4) is 0 Å². The number of nitrogens with zero attached hydrogens (tertiary/aromatic N) is 1. The lowest BCUT2D eigenvalue weighted by Crippen LogP contribution is -2.55. The number of carbonyl (C=O) groups is 3. The van der Waals surface area contributed by atoms with Gasteiger partial charge in [0.1, 0.15) is 23.9 Å². The highest BCUT2D eigenvalue weighted by atomic mass is 35.5. The Morgan fingerprint density at radius 3 is 2.41 bits per heavy atom. The first-order valence-electron chi connectivity index (χ1n) is 9.53. The van der Waals surface area contributed by atoms with Gasteiger partial charge in [-0.2, -0.15) is 0 Å². The number of halogens is 3. The van der Waals surface area contributed by atoms with Gasteiger partial charge in [-0.25, -0.2) is 13.6 Å². The number of carboxylic acid groups (broad SMARTS) is 1. The maximum atomic E-state index is 14.7. The second-order valence-electron chi connectivity index (χ2n) is 7.20. The van der Waals surface area contributed by atoms with Crippen molar-refractivity contribution >= 4 is 35.2 Å². The van der Waals surface area contributed by atoms with Crippen molar-refractivity contribution in [1.82, 2.24) is 10.2 Å². The number of hydrogen-bond donors (Lipinski definition) is 3. The predicted octanol–water partition coefficient (Wildman–Crippen LogP) is 3.22. The van der Waals surface area contributed by atoms with Gasteiger partial charge in [0.25, 0.3) is 0 Å². The molecule has 1 heterocycles. The first-order valence-corrected chi connectivity index (χ1v) is 9.91. The van der Waals surface area contributed by atoms with Crippen molar-refractivity contribution in [2.45, 2.75) is 18.4 Å². The fourth-order valence-electron chi connectivity index (χ4n) is 3.59. The van der Waals surface area contributed by atoms with Gasteiger partial charge in [-0.05, 0) is 24.3 Å². The molecule has 2 atom stereocenters. The maximum Gasteiger partial charge on any atom is 0.323 e. The van der Waals surface area contributed by atoms with Gasteiger partial charge in [0.2, 0.25) is 5.91 Å². The molecule has 0 bridgehead atoms. The molecule has 170 valence electrons. The molecule has 0 aliphatic carbocycles. The van der Waals surface area contributed by atoms with Crippen molar-refractivity contribution < 1.29 is 33.0 Å². The van der Waals surface area contributed by atoms with Gasteiger partial charge < -0.3 is 25.4 Å². The molecule has 3 N–H and O–H groups in total. The molecular formula is C21H20ClF2N3O5. The number of rotatable bonds is 6. The number of methoxy groups -OCH3 is 1. The summed E-state index contributed by atoms with van der Waals surface area (Å²) in [6.45, 7) is -0.842. The van der Waals surface area contributed by atoms with Gasteiger partial charge in [0.05, 0.1) is 13.2 Å². The number of aliphatic carboxylic acids is 1. The zero-order valence-corrected chi connectivity index (χ0v) is 17.7. The van der Waals surface area contributed by atoms with E-state index < -0.39 is 48.0 Å². The monoisotopic (exact) mass is 467 g/mol. The third-order valence-electron chi connectivity index (χ3n) is 5.05.